The van der Waals surface area contributed by atoms with Crippen molar-refractivity contribution in [3.05, 3.63) is 35.8 Å². The number of hydrogen-bond acceptors (Lipinski definition) is 1. The van der Waals surface area contributed by atoms with Gasteiger partial charge in [0.1, 0.15) is 5.75 Å². The van der Waals surface area contributed by atoms with E-state index in [0.717, 1.165) is 6.08 Å². The minimum Gasteiger partial charge on any atom is -0.497 e. The summed E-state index contributed by atoms with van der Waals surface area (Å²) < 4.78 is 40.4. The summed E-state index contributed by atoms with van der Waals surface area (Å²) in [5.74, 6) is 0.890. The molecule has 0 saturated heterocycles. The normalized spacial score (nSPS) is 12.0. The van der Waals surface area contributed by atoms with Crippen LogP contribution in [-0.2, 0) is 0 Å². The van der Waals surface area contributed by atoms with Gasteiger partial charge < -0.3 is 17.7 Å². The van der Waals surface area contributed by atoms with Crippen LogP contribution in [0.4, 0.5) is 12.9 Å². The summed E-state index contributed by atoms with van der Waals surface area (Å²) in [6.45, 7) is -4.85. The second kappa shape index (κ2) is 4.22. The van der Waals surface area contributed by atoms with E-state index in [2.05, 4.69) is 0 Å². The number of benzene rings is 1. The summed E-state index contributed by atoms with van der Waals surface area (Å²) in [6.07, 6.45) is 1.04. The second-order valence-electron chi connectivity index (χ2n) is 2.76. The van der Waals surface area contributed by atoms with Crippen LogP contribution in [0.2, 0.25) is 0 Å². The van der Waals surface area contributed by atoms with E-state index in [0.29, 0.717) is 11.3 Å². The molecule has 5 heteroatoms. The average Bonchev–Trinajstić information content (AvgIpc) is 2.14. The Hall–Kier alpha value is -1.39. The molecule has 1 aromatic rings. The van der Waals surface area contributed by atoms with Gasteiger partial charge in [0.25, 0.3) is 0 Å². The minimum absolute atomic E-state index is 0.266. The molecule has 0 N–H and O–H groups in total. The molecule has 1 aromatic carbocycles. The Kier molecular flexibility index (Phi) is 3.22. The highest BCUT2D eigenvalue weighted by atomic mass is 19.4. The van der Waals surface area contributed by atoms with Gasteiger partial charge in [-0.25, -0.2) is 0 Å². The molecule has 0 saturated carbocycles. The van der Waals surface area contributed by atoms with Crippen LogP contribution in [0.15, 0.2) is 30.2 Å². The van der Waals surface area contributed by atoms with Gasteiger partial charge in [0.15, 0.2) is 0 Å². The van der Waals surface area contributed by atoms with E-state index in [9.17, 15) is 12.9 Å². The van der Waals surface area contributed by atoms with Crippen LogP contribution in [0.25, 0.3) is 6.08 Å². The van der Waals surface area contributed by atoms with Crippen LogP contribution >= 0.6 is 0 Å². The lowest BCUT2D eigenvalue weighted by atomic mass is 9.91. The summed E-state index contributed by atoms with van der Waals surface area (Å²) in [5, 5.41) is 0. The number of rotatable bonds is 3. The molecule has 0 aliphatic carbocycles. The lowest BCUT2D eigenvalue weighted by Crippen LogP contribution is -2.09. The van der Waals surface area contributed by atoms with Crippen LogP contribution in [0.3, 0.4) is 0 Å². The zero-order chi connectivity index (χ0) is 10.6. The van der Waals surface area contributed by atoms with Crippen molar-refractivity contribution < 1.29 is 17.7 Å². The zero-order valence-electron chi connectivity index (χ0n) is 7.58. The minimum atomic E-state index is -4.85. The molecule has 0 amide bonds. The van der Waals surface area contributed by atoms with Crippen LogP contribution < -0.4 is 4.74 Å². The molecule has 0 heterocycles. The molecule has 0 aliphatic rings. The van der Waals surface area contributed by atoms with Gasteiger partial charge in [0.05, 0.1) is 7.11 Å². The van der Waals surface area contributed by atoms with Crippen LogP contribution in [0, 0.1) is 0 Å². The van der Waals surface area contributed by atoms with Gasteiger partial charge >= 0.3 is 6.98 Å². The van der Waals surface area contributed by atoms with Crippen molar-refractivity contribution in [1.82, 2.24) is 0 Å². The standard InChI is InChI=1S/C9H9BF3O/c1-14-9-4-2-8(3-5-9)6-7-10(11,12)13/h2-7H,1H3/q-1/b7-6+. The average molecular weight is 201 g/mol. The summed E-state index contributed by atoms with van der Waals surface area (Å²) in [4.78, 5) is 0. The Morgan fingerprint density at radius 1 is 1.14 bits per heavy atom. The monoisotopic (exact) mass is 201 g/mol. The third-order valence-corrected chi connectivity index (χ3v) is 1.62. The fourth-order valence-electron chi connectivity index (χ4n) is 0.935. The van der Waals surface area contributed by atoms with E-state index in [1.165, 1.54) is 7.11 Å². The molecule has 0 radical (unpaired) electrons. The molecule has 76 valence electrons. The maximum absolute atomic E-state index is 11.8. The smallest absolute Gasteiger partial charge is 0.497 e. The van der Waals surface area contributed by atoms with E-state index in [4.69, 9.17) is 4.74 Å². The van der Waals surface area contributed by atoms with Crippen molar-refractivity contribution in [2.45, 2.75) is 0 Å². The van der Waals surface area contributed by atoms with Gasteiger partial charge in [0.2, 0.25) is 0 Å². The van der Waals surface area contributed by atoms with Crippen molar-refractivity contribution in [3.63, 3.8) is 0 Å². The topological polar surface area (TPSA) is 9.23 Å². The molecule has 0 aliphatic heterocycles. The van der Waals surface area contributed by atoms with Crippen molar-refractivity contribution >= 4 is 13.1 Å². The summed E-state index contributed by atoms with van der Waals surface area (Å²) in [7, 11) is 1.50. The van der Waals surface area contributed by atoms with Crippen LogP contribution in [0.1, 0.15) is 5.56 Å². The first-order valence-corrected chi connectivity index (χ1v) is 4.04. The maximum atomic E-state index is 11.8. The molecule has 1 nitrogen and oxygen atoms in total. The first-order valence-electron chi connectivity index (χ1n) is 4.04. The van der Waals surface area contributed by atoms with E-state index in [1.54, 1.807) is 24.3 Å². The number of halogens is 3. The van der Waals surface area contributed by atoms with E-state index >= 15 is 0 Å². The fraction of sp³-hybridized carbons (Fsp3) is 0.111. The molecular weight excluding hydrogens is 192 g/mol. The Bertz CT molecular complexity index is 316. The number of hydrogen-bond donors (Lipinski definition) is 0. The van der Waals surface area contributed by atoms with Gasteiger partial charge in [-0.2, -0.15) is 0 Å². The molecule has 0 spiro atoms. The predicted octanol–water partition coefficient (Wildman–Crippen LogP) is 3.10. The van der Waals surface area contributed by atoms with Gasteiger partial charge in [0, 0.05) is 0 Å². The molecule has 0 unspecified atom stereocenters. The van der Waals surface area contributed by atoms with Crippen molar-refractivity contribution in [2.75, 3.05) is 7.11 Å². The van der Waals surface area contributed by atoms with Crippen molar-refractivity contribution in [1.29, 1.82) is 0 Å². The number of methoxy groups -OCH3 is 1. The largest absolute Gasteiger partial charge is 0.502 e. The second-order valence-corrected chi connectivity index (χ2v) is 2.76. The van der Waals surface area contributed by atoms with E-state index < -0.39 is 6.98 Å². The SMILES string of the molecule is COc1ccc(/C=C/[B-](F)(F)F)cc1. The highest BCUT2D eigenvalue weighted by Crippen LogP contribution is 2.15. The van der Waals surface area contributed by atoms with Crippen molar-refractivity contribution in [2.24, 2.45) is 0 Å². The van der Waals surface area contributed by atoms with Gasteiger partial charge in [-0.1, -0.05) is 18.2 Å². The predicted molar refractivity (Wildman–Crippen MR) is 51.1 cm³/mol. The highest BCUT2D eigenvalue weighted by molar-refractivity contribution is 6.64. The third kappa shape index (κ3) is 3.55. The lowest BCUT2D eigenvalue weighted by molar-refractivity contribution is 0.415. The third-order valence-electron chi connectivity index (χ3n) is 1.62. The first-order chi connectivity index (χ1) is 6.51. The zero-order valence-corrected chi connectivity index (χ0v) is 7.58. The molecule has 0 atom stereocenters. The molecule has 0 bridgehead atoms. The summed E-state index contributed by atoms with van der Waals surface area (Å²) >= 11 is 0. The molecule has 14 heavy (non-hydrogen) atoms. The van der Waals surface area contributed by atoms with Crippen LogP contribution in [0.5, 0.6) is 5.75 Å². The quantitative estimate of drug-likeness (QED) is 0.682. The van der Waals surface area contributed by atoms with Crippen LogP contribution in [-0.4, -0.2) is 14.1 Å². The summed E-state index contributed by atoms with van der Waals surface area (Å²) in [6, 6.07) is 6.36. The Labute approximate surface area is 80.3 Å². The maximum Gasteiger partial charge on any atom is 0.502 e. The molecule has 0 fully saturated rings. The van der Waals surface area contributed by atoms with Gasteiger partial charge in [-0.3, -0.25) is 0 Å². The Morgan fingerprint density at radius 2 is 1.71 bits per heavy atom. The summed E-state index contributed by atoms with van der Waals surface area (Å²) in [5.41, 5.74) is 0.505. The van der Waals surface area contributed by atoms with Gasteiger partial charge in [-0.15, -0.1) is 5.98 Å². The molecule has 1 rings (SSSR count). The lowest BCUT2D eigenvalue weighted by Gasteiger charge is -2.06. The number of ether oxygens (including phenoxy) is 1. The van der Waals surface area contributed by atoms with Crippen molar-refractivity contribution in [3.8, 4) is 5.75 Å². The van der Waals surface area contributed by atoms with E-state index in [-0.39, 0.29) is 5.98 Å². The molecular formula is C9H9BF3O-. The van der Waals surface area contributed by atoms with E-state index in [1.807, 2.05) is 0 Å². The highest BCUT2D eigenvalue weighted by Gasteiger charge is 2.16. The Morgan fingerprint density at radius 3 is 2.14 bits per heavy atom. The fourth-order valence-corrected chi connectivity index (χ4v) is 0.935. The van der Waals surface area contributed by atoms with Gasteiger partial charge in [-0.05, 0) is 17.7 Å². The Balaban J connectivity index is 2.74. The molecule has 0 aromatic heterocycles. The first kappa shape index (κ1) is 10.7.